The van der Waals surface area contributed by atoms with Crippen LogP contribution in [0.3, 0.4) is 0 Å². The van der Waals surface area contributed by atoms with Gasteiger partial charge in [-0.15, -0.1) is 0 Å². The molecule has 0 fully saturated rings. The Morgan fingerprint density at radius 3 is 2.39 bits per heavy atom. The van der Waals surface area contributed by atoms with Gasteiger partial charge in [-0.05, 0) is 81.1 Å². The zero-order chi connectivity index (χ0) is 24.2. The summed E-state index contributed by atoms with van der Waals surface area (Å²) in [5, 5.41) is 15.7. The third-order valence-corrected chi connectivity index (χ3v) is 6.24. The van der Waals surface area contributed by atoms with Crippen molar-refractivity contribution in [1.29, 1.82) is 0 Å². The minimum absolute atomic E-state index is 0.159. The number of ether oxygens (including phenoxy) is 1. The van der Waals surface area contributed by atoms with E-state index >= 15 is 0 Å². The highest BCUT2D eigenvalue weighted by Gasteiger charge is 2.33. The minimum Gasteiger partial charge on any atom is -0.487 e. The summed E-state index contributed by atoms with van der Waals surface area (Å²) in [6.07, 6.45) is -3.28. The molecule has 33 heavy (non-hydrogen) atoms. The minimum atomic E-state index is -4.68. The first-order valence-corrected chi connectivity index (χ1v) is 11.6. The fourth-order valence-electron chi connectivity index (χ4n) is 2.69. The van der Waals surface area contributed by atoms with Crippen molar-refractivity contribution >= 4 is 74.4 Å². The number of rotatable bonds is 7. The molecule has 0 saturated carbocycles. The second kappa shape index (κ2) is 10.9. The predicted octanol–water partition coefficient (Wildman–Crippen LogP) is 7.50. The highest BCUT2D eigenvalue weighted by atomic mass is 127. The van der Waals surface area contributed by atoms with Crippen LogP contribution in [-0.4, -0.2) is 11.1 Å². The van der Waals surface area contributed by atoms with Crippen molar-refractivity contribution in [2.75, 3.05) is 5.43 Å². The predicted molar refractivity (Wildman–Crippen MR) is 137 cm³/mol. The van der Waals surface area contributed by atoms with Gasteiger partial charge in [0.2, 0.25) is 0 Å². The number of hydrogen-bond donors (Lipinski definition) is 1. The lowest BCUT2D eigenvalue weighted by molar-refractivity contribution is -0.384. The first kappa shape index (κ1) is 25.5. The lowest BCUT2D eigenvalue weighted by atomic mass is 10.1. The summed E-state index contributed by atoms with van der Waals surface area (Å²) in [7, 11) is 0. The van der Waals surface area contributed by atoms with E-state index in [9.17, 15) is 23.3 Å². The summed E-state index contributed by atoms with van der Waals surface area (Å²) < 4.78 is 46.0. The number of nitro benzene ring substituents is 1. The molecule has 3 rings (SSSR count). The van der Waals surface area contributed by atoms with Crippen LogP contribution in [0.4, 0.5) is 24.5 Å². The third-order valence-electron chi connectivity index (χ3n) is 4.27. The van der Waals surface area contributed by atoms with Crippen molar-refractivity contribution in [2.24, 2.45) is 5.10 Å². The first-order valence-electron chi connectivity index (χ1n) is 9.06. The van der Waals surface area contributed by atoms with Gasteiger partial charge >= 0.3 is 6.18 Å². The Hall–Kier alpha value is -2.13. The van der Waals surface area contributed by atoms with Crippen LogP contribution in [-0.2, 0) is 12.8 Å². The Kier molecular flexibility index (Phi) is 8.39. The molecule has 0 aliphatic carbocycles. The van der Waals surface area contributed by atoms with E-state index in [1.54, 1.807) is 18.2 Å². The van der Waals surface area contributed by atoms with E-state index in [0.29, 0.717) is 22.4 Å². The van der Waals surface area contributed by atoms with Crippen LogP contribution in [0.2, 0.25) is 5.02 Å². The molecule has 6 nitrogen and oxygen atoms in total. The van der Waals surface area contributed by atoms with Crippen LogP contribution in [0.5, 0.6) is 5.75 Å². The topological polar surface area (TPSA) is 76.8 Å². The molecule has 0 amide bonds. The molecule has 1 N–H and O–H groups in total. The largest absolute Gasteiger partial charge is 0.487 e. The summed E-state index contributed by atoms with van der Waals surface area (Å²) in [6, 6.07) is 13.1. The molecule has 172 valence electrons. The lowest BCUT2D eigenvalue weighted by Gasteiger charge is -2.12. The molecule has 0 heterocycles. The maximum Gasteiger partial charge on any atom is 0.416 e. The van der Waals surface area contributed by atoms with Gasteiger partial charge in [-0.25, -0.2) is 0 Å². The van der Waals surface area contributed by atoms with Crippen molar-refractivity contribution in [3.63, 3.8) is 0 Å². The zero-order valence-electron chi connectivity index (χ0n) is 16.4. The number of nitrogens with one attached hydrogen (secondary N) is 1. The molecule has 3 aromatic carbocycles. The van der Waals surface area contributed by atoms with Crippen LogP contribution in [0.1, 0.15) is 16.7 Å². The van der Waals surface area contributed by atoms with Gasteiger partial charge in [-0.1, -0.05) is 29.8 Å². The van der Waals surface area contributed by atoms with E-state index in [0.717, 1.165) is 24.8 Å². The first-order chi connectivity index (χ1) is 15.6. The number of hydrogen-bond acceptors (Lipinski definition) is 5. The van der Waals surface area contributed by atoms with Gasteiger partial charge in [-0.2, -0.15) is 18.3 Å². The van der Waals surface area contributed by atoms with Gasteiger partial charge in [0.05, 0.1) is 23.8 Å². The standard InChI is InChI=1S/C21H13ClF3I2N3O3/c22-15-4-2-1-3-13(15)11-33-20-16(26)7-12(8-17(20)27)10-28-29-18-6-5-14(21(23,24)25)9-19(18)30(31)32/h1-10,29H,11H2/b28-10-. The fourth-order valence-corrected chi connectivity index (χ4v) is 5.01. The molecule has 0 aliphatic rings. The van der Waals surface area contributed by atoms with Crippen molar-refractivity contribution in [3.05, 3.63) is 93.6 Å². The zero-order valence-corrected chi connectivity index (χ0v) is 21.4. The number of halogens is 6. The number of benzene rings is 3. The highest BCUT2D eigenvalue weighted by Crippen LogP contribution is 2.35. The van der Waals surface area contributed by atoms with Gasteiger partial charge in [0, 0.05) is 16.7 Å². The maximum absolute atomic E-state index is 12.8. The smallest absolute Gasteiger partial charge is 0.416 e. The average Bonchev–Trinajstić information content (AvgIpc) is 2.73. The molecule has 0 atom stereocenters. The number of nitrogens with zero attached hydrogens (tertiary/aromatic N) is 2. The van der Waals surface area contributed by atoms with Crippen LogP contribution >= 0.6 is 56.8 Å². The maximum atomic E-state index is 12.8. The van der Waals surface area contributed by atoms with Crippen molar-refractivity contribution in [3.8, 4) is 5.75 Å². The number of alkyl halides is 3. The fraction of sp³-hybridized carbons (Fsp3) is 0.0952. The average molecular weight is 702 g/mol. The molecule has 0 radical (unpaired) electrons. The van der Waals surface area contributed by atoms with E-state index in [-0.39, 0.29) is 12.3 Å². The van der Waals surface area contributed by atoms with Gasteiger partial charge in [0.15, 0.2) is 0 Å². The number of hydrazone groups is 1. The van der Waals surface area contributed by atoms with Gasteiger partial charge in [0.1, 0.15) is 18.0 Å². The van der Waals surface area contributed by atoms with E-state index in [1.165, 1.54) is 6.21 Å². The Morgan fingerprint density at radius 1 is 1.12 bits per heavy atom. The molecule has 0 saturated heterocycles. The molecule has 0 spiro atoms. The summed E-state index contributed by atoms with van der Waals surface area (Å²) in [6.45, 7) is 0.290. The summed E-state index contributed by atoms with van der Waals surface area (Å²) in [5.74, 6) is 0.666. The number of anilines is 1. The van der Waals surface area contributed by atoms with E-state index in [4.69, 9.17) is 16.3 Å². The number of nitro groups is 1. The third kappa shape index (κ3) is 6.69. The Morgan fingerprint density at radius 2 is 1.79 bits per heavy atom. The molecule has 0 unspecified atom stereocenters. The molecule has 0 aromatic heterocycles. The second-order valence-corrected chi connectivity index (χ2v) is 9.28. The van der Waals surface area contributed by atoms with Gasteiger partial charge in [-0.3, -0.25) is 15.5 Å². The van der Waals surface area contributed by atoms with E-state index in [2.05, 4.69) is 55.7 Å². The van der Waals surface area contributed by atoms with Crippen LogP contribution in [0.25, 0.3) is 0 Å². The summed E-state index contributed by atoms with van der Waals surface area (Å²) in [5.41, 5.74) is 1.95. The summed E-state index contributed by atoms with van der Waals surface area (Å²) in [4.78, 5) is 10.3. The second-order valence-electron chi connectivity index (χ2n) is 6.55. The molecule has 0 bridgehead atoms. The Bertz CT molecular complexity index is 1200. The van der Waals surface area contributed by atoms with Gasteiger partial charge in [0.25, 0.3) is 5.69 Å². The van der Waals surface area contributed by atoms with Crippen molar-refractivity contribution < 1.29 is 22.8 Å². The lowest BCUT2D eigenvalue weighted by Crippen LogP contribution is -2.06. The molecule has 3 aromatic rings. The van der Waals surface area contributed by atoms with Crippen LogP contribution in [0, 0.1) is 17.3 Å². The Balaban J connectivity index is 1.74. The van der Waals surface area contributed by atoms with Crippen molar-refractivity contribution in [1.82, 2.24) is 0 Å². The molecule has 0 aliphatic heterocycles. The Labute approximate surface area is 218 Å². The van der Waals surface area contributed by atoms with E-state index < -0.39 is 22.4 Å². The van der Waals surface area contributed by atoms with Crippen LogP contribution in [0.15, 0.2) is 59.7 Å². The molecule has 12 heteroatoms. The van der Waals surface area contributed by atoms with Crippen molar-refractivity contribution in [2.45, 2.75) is 12.8 Å². The van der Waals surface area contributed by atoms with E-state index in [1.807, 2.05) is 18.2 Å². The highest BCUT2D eigenvalue weighted by molar-refractivity contribution is 14.1. The normalized spacial score (nSPS) is 11.6. The quantitative estimate of drug-likeness (QED) is 0.120. The van der Waals surface area contributed by atoms with Gasteiger partial charge < -0.3 is 4.74 Å². The SMILES string of the molecule is O=[N+]([O-])c1cc(C(F)(F)F)ccc1N/N=C\c1cc(I)c(OCc2ccccc2Cl)c(I)c1. The van der Waals surface area contributed by atoms with Crippen LogP contribution < -0.4 is 10.2 Å². The summed E-state index contributed by atoms with van der Waals surface area (Å²) >= 11 is 10.4. The monoisotopic (exact) mass is 701 g/mol. The molecular formula is C21H13ClF3I2N3O3. The molecular weight excluding hydrogens is 689 g/mol.